The van der Waals surface area contributed by atoms with Crippen LogP contribution in [0.4, 0.5) is 5.69 Å². The minimum Gasteiger partial charge on any atom is -0.497 e. The number of allylic oxidation sites excluding steroid dienone is 4. The van der Waals surface area contributed by atoms with Gasteiger partial charge in [-0.3, -0.25) is 0 Å². The maximum Gasteiger partial charge on any atom is 0.172 e. The lowest BCUT2D eigenvalue weighted by molar-refractivity contribution is 0.415. The number of nitriles is 2. The van der Waals surface area contributed by atoms with Crippen LogP contribution in [0.3, 0.4) is 0 Å². The number of nitrogens with zero attached hydrogens (tertiary/aromatic N) is 3. The normalized spacial score (nSPS) is 12.3. The number of methoxy groups -OCH3 is 1. The Morgan fingerprint density at radius 1 is 1.03 bits per heavy atom. The van der Waals surface area contributed by atoms with Gasteiger partial charge < -0.3 is 14.4 Å². The van der Waals surface area contributed by atoms with Gasteiger partial charge in [0.05, 0.1) is 7.11 Å². The standard InChI is InChI=1S/C25H23N3O2/c1-4-28(5-2)21-10-13-23-19(9-6-18-7-11-22(29-3)12-8-18)14-24(20(16-26)17-27)30-25(23)15-21/h6-15H,4-5H2,1-3H3. The first kappa shape index (κ1) is 20.8. The lowest BCUT2D eigenvalue weighted by atomic mass is 9.98. The second-order valence-electron chi connectivity index (χ2n) is 6.62. The van der Waals surface area contributed by atoms with E-state index in [2.05, 4.69) is 24.8 Å². The maximum atomic E-state index is 9.31. The Morgan fingerprint density at radius 2 is 1.73 bits per heavy atom. The van der Waals surface area contributed by atoms with Gasteiger partial charge in [0.25, 0.3) is 0 Å². The van der Waals surface area contributed by atoms with Crippen molar-refractivity contribution >= 4 is 17.3 Å². The van der Waals surface area contributed by atoms with Crippen LogP contribution >= 0.6 is 0 Å². The van der Waals surface area contributed by atoms with Gasteiger partial charge in [0, 0.05) is 30.4 Å². The van der Waals surface area contributed by atoms with Gasteiger partial charge >= 0.3 is 0 Å². The van der Waals surface area contributed by atoms with Crippen LogP contribution < -0.4 is 14.4 Å². The second kappa shape index (κ2) is 9.49. The molecule has 30 heavy (non-hydrogen) atoms. The highest BCUT2D eigenvalue weighted by Crippen LogP contribution is 2.38. The van der Waals surface area contributed by atoms with Crippen LogP contribution in [-0.2, 0) is 0 Å². The molecule has 0 atom stereocenters. The van der Waals surface area contributed by atoms with Crippen LogP contribution in [0.25, 0.3) is 11.6 Å². The molecule has 0 bridgehead atoms. The average molecular weight is 397 g/mol. The highest BCUT2D eigenvalue weighted by Gasteiger charge is 2.20. The maximum absolute atomic E-state index is 9.31. The van der Waals surface area contributed by atoms with E-state index in [4.69, 9.17) is 9.47 Å². The third-order valence-corrected chi connectivity index (χ3v) is 4.95. The van der Waals surface area contributed by atoms with Crippen molar-refractivity contribution in [1.82, 2.24) is 0 Å². The summed E-state index contributed by atoms with van der Waals surface area (Å²) in [6, 6.07) is 17.6. The van der Waals surface area contributed by atoms with Gasteiger partial charge in [-0.2, -0.15) is 10.5 Å². The molecule has 0 unspecified atom stereocenters. The van der Waals surface area contributed by atoms with Gasteiger partial charge in [0.1, 0.15) is 23.6 Å². The van der Waals surface area contributed by atoms with E-state index in [9.17, 15) is 10.5 Å². The van der Waals surface area contributed by atoms with Gasteiger partial charge in [-0.1, -0.05) is 24.3 Å². The Labute approximate surface area is 177 Å². The monoisotopic (exact) mass is 397 g/mol. The second-order valence-corrected chi connectivity index (χ2v) is 6.62. The molecule has 0 amide bonds. The van der Waals surface area contributed by atoms with Gasteiger partial charge in [0.15, 0.2) is 11.3 Å². The zero-order chi connectivity index (χ0) is 21.5. The fourth-order valence-electron chi connectivity index (χ4n) is 3.28. The number of hydrogen-bond acceptors (Lipinski definition) is 5. The molecule has 0 radical (unpaired) electrons. The summed E-state index contributed by atoms with van der Waals surface area (Å²) in [5, 5.41) is 18.6. The molecule has 0 saturated heterocycles. The van der Waals surface area contributed by atoms with Crippen molar-refractivity contribution in [3.63, 3.8) is 0 Å². The van der Waals surface area contributed by atoms with Gasteiger partial charge in [0.2, 0.25) is 0 Å². The smallest absolute Gasteiger partial charge is 0.172 e. The van der Waals surface area contributed by atoms with Gasteiger partial charge in [-0.25, -0.2) is 0 Å². The number of fused-ring (bicyclic) bond motifs is 1. The SMILES string of the molecule is CCN(CC)c1ccc2c(c1)OC(=C(C#N)C#N)C=C2C=Cc1ccc(OC)cc1. The molecule has 150 valence electrons. The van der Waals surface area contributed by atoms with Crippen molar-refractivity contribution in [2.24, 2.45) is 0 Å². The first-order valence-corrected chi connectivity index (χ1v) is 9.79. The van der Waals surface area contributed by atoms with E-state index in [1.807, 2.05) is 60.7 Å². The number of ether oxygens (including phenoxy) is 2. The Hall–Kier alpha value is -3.96. The third-order valence-electron chi connectivity index (χ3n) is 4.95. The van der Waals surface area contributed by atoms with Crippen molar-refractivity contribution in [2.45, 2.75) is 13.8 Å². The summed E-state index contributed by atoms with van der Waals surface area (Å²) in [4.78, 5) is 2.22. The van der Waals surface area contributed by atoms with E-state index in [1.165, 1.54) is 0 Å². The molecule has 2 aromatic carbocycles. The quantitative estimate of drug-likeness (QED) is 0.616. The molecule has 0 spiro atoms. The predicted molar refractivity (Wildman–Crippen MR) is 119 cm³/mol. The highest BCUT2D eigenvalue weighted by molar-refractivity contribution is 5.86. The van der Waals surface area contributed by atoms with E-state index in [-0.39, 0.29) is 11.3 Å². The molecule has 5 nitrogen and oxygen atoms in total. The summed E-state index contributed by atoms with van der Waals surface area (Å²) in [5.41, 5.74) is 3.78. The van der Waals surface area contributed by atoms with Crippen molar-refractivity contribution in [1.29, 1.82) is 10.5 Å². The van der Waals surface area contributed by atoms with Crippen molar-refractivity contribution in [2.75, 3.05) is 25.1 Å². The number of rotatable bonds is 6. The molecule has 1 heterocycles. The van der Waals surface area contributed by atoms with E-state index >= 15 is 0 Å². The molecule has 1 aliphatic heterocycles. The highest BCUT2D eigenvalue weighted by atomic mass is 16.5. The van der Waals surface area contributed by atoms with Crippen LogP contribution in [0.5, 0.6) is 11.5 Å². The van der Waals surface area contributed by atoms with Crippen molar-refractivity contribution in [3.8, 4) is 23.6 Å². The molecule has 0 aliphatic carbocycles. The first-order valence-electron chi connectivity index (χ1n) is 9.79. The van der Waals surface area contributed by atoms with Crippen molar-refractivity contribution < 1.29 is 9.47 Å². The van der Waals surface area contributed by atoms with E-state index in [0.29, 0.717) is 5.75 Å². The summed E-state index contributed by atoms with van der Waals surface area (Å²) in [7, 11) is 1.64. The Morgan fingerprint density at radius 3 is 2.33 bits per heavy atom. The van der Waals surface area contributed by atoms with E-state index in [0.717, 1.165) is 41.2 Å². The number of benzene rings is 2. The fraction of sp³-hybridized carbons (Fsp3) is 0.200. The summed E-state index contributed by atoms with van der Waals surface area (Å²) >= 11 is 0. The minimum atomic E-state index is -0.0516. The molecule has 0 aromatic heterocycles. The minimum absolute atomic E-state index is 0.0516. The van der Waals surface area contributed by atoms with Gasteiger partial charge in [-0.05, 0) is 55.3 Å². The number of anilines is 1. The molecule has 0 fully saturated rings. The van der Waals surface area contributed by atoms with Crippen molar-refractivity contribution in [3.05, 3.63) is 77.1 Å². The van der Waals surface area contributed by atoms with Crippen LogP contribution in [0.2, 0.25) is 0 Å². The summed E-state index contributed by atoms with van der Waals surface area (Å²) in [6.45, 7) is 5.95. The molecule has 1 aliphatic rings. The molecule has 2 aromatic rings. The average Bonchev–Trinajstić information content (AvgIpc) is 2.79. The molecule has 0 saturated carbocycles. The summed E-state index contributed by atoms with van der Waals surface area (Å²) in [5.74, 6) is 1.69. The fourth-order valence-corrected chi connectivity index (χ4v) is 3.28. The molecule has 5 heteroatoms. The van der Waals surface area contributed by atoms with E-state index in [1.54, 1.807) is 13.2 Å². The lowest BCUT2D eigenvalue weighted by Gasteiger charge is -2.25. The molecular weight excluding hydrogens is 374 g/mol. The molecular formula is C25H23N3O2. The van der Waals surface area contributed by atoms with Crippen LogP contribution in [0.15, 0.2) is 65.9 Å². The summed E-state index contributed by atoms with van der Waals surface area (Å²) in [6.07, 6.45) is 5.68. The largest absolute Gasteiger partial charge is 0.497 e. The third kappa shape index (κ3) is 4.37. The van der Waals surface area contributed by atoms with Crippen LogP contribution in [0.1, 0.15) is 25.0 Å². The number of hydrogen-bond donors (Lipinski definition) is 0. The van der Waals surface area contributed by atoms with Gasteiger partial charge in [-0.15, -0.1) is 0 Å². The Kier molecular flexibility index (Phi) is 6.57. The first-order chi connectivity index (χ1) is 14.6. The Bertz CT molecular complexity index is 1080. The summed E-state index contributed by atoms with van der Waals surface area (Å²) < 4.78 is 11.2. The molecule has 3 rings (SSSR count). The lowest BCUT2D eigenvalue weighted by Crippen LogP contribution is -2.22. The topological polar surface area (TPSA) is 69.3 Å². The van der Waals surface area contributed by atoms with E-state index < -0.39 is 0 Å². The molecule has 0 N–H and O–H groups in total. The zero-order valence-electron chi connectivity index (χ0n) is 17.3. The van der Waals surface area contributed by atoms with Crippen LogP contribution in [0, 0.1) is 22.7 Å². The zero-order valence-corrected chi connectivity index (χ0v) is 17.3. The Balaban J connectivity index is 2.05. The predicted octanol–water partition coefficient (Wildman–Crippen LogP) is 5.33. The van der Waals surface area contributed by atoms with Crippen LogP contribution in [-0.4, -0.2) is 20.2 Å².